The molecule has 1 fully saturated rings. The average molecular weight is 302 g/mol. The van der Waals surface area contributed by atoms with Crippen molar-refractivity contribution in [3.8, 4) is 0 Å². The fraction of sp³-hybridized carbons (Fsp3) is 1.00. The van der Waals surface area contributed by atoms with E-state index in [4.69, 9.17) is 15.3 Å². The highest BCUT2D eigenvalue weighted by molar-refractivity contribution is 4.80. The first-order chi connectivity index (χ1) is 10.2. The van der Waals surface area contributed by atoms with Crippen LogP contribution in [-0.4, -0.2) is 84.2 Å². The van der Waals surface area contributed by atoms with Crippen molar-refractivity contribution in [2.24, 2.45) is 5.92 Å². The van der Waals surface area contributed by atoms with E-state index in [1.807, 2.05) is 0 Å². The molecule has 0 bridgehead atoms. The minimum absolute atomic E-state index is 0.0536. The van der Waals surface area contributed by atoms with Gasteiger partial charge in [-0.25, -0.2) is 0 Å². The van der Waals surface area contributed by atoms with Gasteiger partial charge in [-0.2, -0.15) is 0 Å². The van der Waals surface area contributed by atoms with Crippen molar-refractivity contribution >= 4 is 0 Å². The maximum atomic E-state index is 9.07. The molecule has 0 aromatic carbocycles. The molecule has 0 aromatic rings. The maximum absolute atomic E-state index is 9.07. The van der Waals surface area contributed by atoms with Gasteiger partial charge in [0.1, 0.15) is 0 Å². The Bertz CT molecular complexity index is 246. The van der Waals surface area contributed by atoms with Crippen LogP contribution in [0.3, 0.4) is 0 Å². The lowest BCUT2D eigenvalue weighted by Gasteiger charge is -2.38. The van der Waals surface area contributed by atoms with E-state index in [-0.39, 0.29) is 25.7 Å². The van der Waals surface area contributed by atoms with E-state index in [2.05, 4.69) is 16.8 Å². The van der Waals surface area contributed by atoms with Crippen molar-refractivity contribution in [1.82, 2.24) is 9.80 Å². The van der Waals surface area contributed by atoms with Gasteiger partial charge in [0.25, 0.3) is 0 Å². The highest BCUT2D eigenvalue weighted by atomic mass is 16.3. The molecule has 126 valence electrons. The molecule has 5 heteroatoms. The van der Waals surface area contributed by atoms with Gasteiger partial charge in [-0.1, -0.05) is 12.8 Å². The molecule has 1 rings (SSSR count). The Morgan fingerprint density at radius 2 is 1.67 bits per heavy atom. The Hall–Kier alpha value is -0.200. The monoisotopic (exact) mass is 302 g/mol. The first-order valence-corrected chi connectivity index (χ1v) is 8.46. The van der Waals surface area contributed by atoms with Gasteiger partial charge in [0.05, 0.1) is 6.61 Å². The van der Waals surface area contributed by atoms with Crippen LogP contribution >= 0.6 is 0 Å². The van der Waals surface area contributed by atoms with Crippen LogP contribution in [0.25, 0.3) is 0 Å². The van der Waals surface area contributed by atoms with Gasteiger partial charge in [0.2, 0.25) is 0 Å². The molecular weight excluding hydrogens is 268 g/mol. The van der Waals surface area contributed by atoms with E-state index in [1.165, 1.54) is 19.3 Å². The second kappa shape index (κ2) is 11.4. The molecule has 1 saturated carbocycles. The molecule has 0 saturated heterocycles. The van der Waals surface area contributed by atoms with E-state index >= 15 is 0 Å². The number of aliphatic hydroxyl groups excluding tert-OH is 3. The molecule has 1 aliphatic carbocycles. The van der Waals surface area contributed by atoms with Crippen LogP contribution in [0.5, 0.6) is 0 Å². The van der Waals surface area contributed by atoms with Crippen LogP contribution in [-0.2, 0) is 0 Å². The van der Waals surface area contributed by atoms with Gasteiger partial charge in [-0.05, 0) is 39.3 Å². The summed E-state index contributed by atoms with van der Waals surface area (Å²) in [5.74, 6) is 0.0536. The zero-order valence-corrected chi connectivity index (χ0v) is 13.6. The Balaban J connectivity index is 2.20. The van der Waals surface area contributed by atoms with E-state index in [1.54, 1.807) is 0 Å². The molecule has 0 aliphatic heterocycles. The Morgan fingerprint density at radius 3 is 2.19 bits per heavy atom. The number of unbranched alkanes of at least 4 members (excludes halogenated alkanes) is 1. The van der Waals surface area contributed by atoms with Gasteiger partial charge in [-0.15, -0.1) is 0 Å². The second-order valence-electron chi connectivity index (χ2n) is 6.37. The summed E-state index contributed by atoms with van der Waals surface area (Å²) >= 11 is 0. The Morgan fingerprint density at radius 1 is 0.952 bits per heavy atom. The van der Waals surface area contributed by atoms with E-state index in [0.717, 1.165) is 51.5 Å². The molecule has 0 radical (unpaired) electrons. The molecule has 0 atom stereocenters. The number of hydrogen-bond acceptors (Lipinski definition) is 5. The fourth-order valence-electron chi connectivity index (χ4n) is 2.80. The molecule has 0 unspecified atom stereocenters. The standard InChI is InChI=1S/C16H34N2O3/c1-17(11-12-19)9-10-18(16-6-4-7-16)8-3-2-5-15(13-20)14-21/h15-16,19-21H,2-14H2,1H3. The van der Waals surface area contributed by atoms with Crippen molar-refractivity contribution in [2.75, 3.05) is 53.0 Å². The number of hydrogen-bond donors (Lipinski definition) is 3. The topological polar surface area (TPSA) is 67.2 Å². The largest absolute Gasteiger partial charge is 0.396 e. The predicted octanol–water partition coefficient (Wildman–Crippen LogP) is 0.536. The lowest BCUT2D eigenvalue weighted by molar-refractivity contribution is 0.104. The average Bonchev–Trinajstić information content (AvgIpc) is 2.43. The highest BCUT2D eigenvalue weighted by Crippen LogP contribution is 2.25. The summed E-state index contributed by atoms with van der Waals surface area (Å²) in [5, 5.41) is 27.1. The van der Waals surface area contributed by atoms with Crippen molar-refractivity contribution in [3.63, 3.8) is 0 Å². The zero-order valence-electron chi connectivity index (χ0n) is 13.6. The van der Waals surface area contributed by atoms with Crippen LogP contribution < -0.4 is 0 Å². The van der Waals surface area contributed by atoms with E-state index in [9.17, 15) is 0 Å². The summed E-state index contributed by atoms with van der Waals surface area (Å²) in [6.07, 6.45) is 7.11. The molecule has 0 heterocycles. The summed E-state index contributed by atoms with van der Waals surface area (Å²) in [4.78, 5) is 4.77. The van der Waals surface area contributed by atoms with Crippen molar-refractivity contribution in [2.45, 2.75) is 44.6 Å². The minimum Gasteiger partial charge on any atom is -0.396 e. The molecule has 0 spiro atoms. The first-order valence-electron chi connectivity index (χ1n) is 8.46. The third-order valence-electron chi connectivity index (χ3n) is 4.67. The van der Waals surface area contributed by atoms with Crippen molar-refractivity contribution in [3.05, 3.63) is 0 Å². The maximum Gasteiger partial charge on any atom is 0.0558 e. The molecular formula is C16H34N2O3. The smallest absolute Gasteiger partial charge is 0.0558 e. The van der Waals surface area contributed by atoms with Crippen LogP contribution in [0, 0.1) is 5.92 Å². The second-order valence-corrected chi connectivity index (χ2v) is 6.37. The van der Waals surface area contributed by atoms with E-state index < -0.39 is 0 Å². The molecule has 1 aliphatic rings. The van der Waals surface area contributed by atoms with Crippen LogP contribution in [0.2, 0.25) is 0 Å². The highest BCUT2D eigenvalue weighted by Gasteiger charge is 2.24. The number of aliphatic hydroxyl groups is 3. The summed E-state index contributed by atoms with van der Waals surface area (Å²) in [6.45, 7) is 4.35. The normalized spacial score (nSPS) is 16.1. The van der Waals surface area contributed by atoms with Gasteiger partial charge in [0.15, 0.2) is 0 Å². The summed E-state index contributed by atoms with van der Waals surface area (Å²) in [7, 11) is 2.06. The van der Waals surface area contributed by atoms with E-state index in [0.29, 0.717) is 0 Å². The van der Waals surface area contributed by atoms with Gasteiger partial charge < -0.3 is 20.2 Å². The number of likely N-dealkylation sites (N-methyl/N-ethyl adjacent to an activating group) is 1. The molecule has 0 aromatic heterocycles. The fourth-order valence-corrected chi connectivity index (χ4v) is 2.80. The summed E-state index contributed by atoms with van der Waals surface area (Å²) < 4.78 is 0. The number of rotatable bonds is 13. The first kappa shape index (κ1) is 18.8. The third-order valence-corrected chi connectivity index (χ3v) is 4.67. The van der Waals surface area contributed by atoms with Crippen LogP contribution in [0.1, 0.15) is 38.5 Å². The molecule has 0 amide bonds. The summed E-state index contributed by atoms with van der Waals surface area (Å²) in [6, 6.07) is 0.749. The zero-order chi connectivity index (χ0) is 15.5. The van der Waals surface area contributed by atoms with Gasteiger partial charge >= 0.3 is 0 Å². The summed E-state index contributed by atoms with van der Waals surface area (Å²) in [5.41, 5.74) is 0. The predicted molar refractivity (Wildman–Crippen MR) is 85.3 cm³/mol. The Kier molecular flexibility index (Phi) is 10.2. The third kappa shape index (κ3) is 7.56. The van der Waals surface area contributed by atoms with Crippen molar-refractivity contribution < 1.29 is 15.3 Å². The minimum atomic E-state index is 0.0536. The number of nitrogens with zero attached hydrogens (tertiary/aromatic N) is 2. The molecule has 21 heavy (non-hydrogen) atoms. The Labute approximate surface area is 129 Å². The van der Waals surface area contributed by atoms with Gasteiger partial charge in [-0.3, -0.25) is 4.90 Å². The van der Waals surface area contributed by atoms with Gasteiger partial charge in [0, 0.05) is 44.8 Å². The quantitative estimate of drug-likeness (QED) is 0.433. The van der Waals surface area contributed by atoms with Crippen LogP contribution in [0.4, 0.5) is 0 Å². The lowest BCUT2D eigenvalue weighted by atomic mass is 9.91. The molecule has 5 nitrogen and oxygen atoms in total. The van der Waals surface area contributed by atoms with Crippen LogP contribution in [0.15, 0.2) is 0 Å². The lowest BCUT2D eigenvalue weighted by Crippen LogP contribution is -2.44. The van der Waals surface area contributed by atoms with Crippen molar-refractivity contribution in [1.29, 1.82) is 0 Å². The molecule has 3 N–H and O–H groups in total. The SMILES string of the molecule is CN(CCO)CCN(CCCCC(CO)CO)C1CCC1.